The predicted octanol–water partition coefficient (Wildman–Crippen LogP) is 2.24. The molecule has 0 fully saturated rings. The summed E-state index contributed by atoms with van der Waals surface area (Å²) in [5, 5.41) is 3.17. The Kier molecular flexibility index (Phi) is 5.29. The zero-order valence-corrected chi connectivity index (χ0v) is 13.3. The van der Waals surface area contributed by atoms with Gasteiger partial charge in [-0.3, -0.25) is 5.43 Å². The fraction of sp³-hybridized carbons (Fsp3) is 0.462. The summed E-state index contributed by atoms with van der Waals surface area (Å²) in [6, 6.07) is 2.42. The van der Waals surface area contributed by atoms with E-state index < -0.39 is 0 Å². The number of nitrogens with two attached hydrogens (primary N) is 1. The van der Waals surface area contributed by atoms with Gasteiger partial charge in [-0.05, 0) is 31.9 Å². The van der Waals surface area contributed by atoms with E-state index in [9.17, 15) is 0 Å². The molecule has 0 aliphatic rings. The molecule has 0 amide bonds. The fourth-order valence-corrected chi connectivity index (χ4v) is 2.65. The molecule has 21 heavy (non-hydrogen) atoms. The number of ether oxygens (including phenoxy) is 1. The molecule has 0 spiro atoms. The van der Waals surface area contributed by atoms with E-state index in [-0.39, 0.29) is 12.0 Å². The molecule has 4 N–H and O–H groups in total. The number of thiophene rings is 1. The van der Waals surface area contributed by atoms with E-state index in [1.165, 1.54) is 15.3 Å². The first-order valence-electron chi connectivity index (χ1n) is 6.77. The van der Waals surface area contributed by atoms with Gasteiger partial charge in [0, 0.05) is 9.75 Å². The molecule has 2 rings (SSSR count). The third kappa shape index (κ3) is 4.27. The minimum Gasteiger partial charge on any atom is -0.463 e. The normalized spacial score (nSPS) is 10.5. The van der Waals surface area contributed by atoms with Crippen LogP contribution in [-0.4, -0.2) is 21.6 Å². The standard InChI is InChI=1S/C13H20N6OS/c1-4-5-20-13-17-11(16-12(18-13)19-14)15-7-10-6-8(2)9(3)21-10/h6H,4-5,7,14H2,1-3H3,(H2,15,16,17,18,19). The molecule has 7 nitrogen and oxygen atoms in total. The van der Waals surface area contributed by atoms with Gasteiger partial charge in [-0.1, -0.05) is 6.92 Å². The maximum absolute atomic E-state index is 5.42. The van der Waals surface area contributed by atoms with Crippen molar-refractivity contribution in [1.29, 1.82) is 0 Å². The van der Waals surface area contributed by atoms with E-state index in [0.29, 0.717) is 19.1 Å². The van der Waals surface area contributed by atoms with Crippen LogP contribution in [0, 0.1) is 13.8 Å². The van der Waals surface area contributed by atoms with Crippen LogP contribution in [0.25, 0.3) is 0 Å². The van der Waals surface area contributed by atoms with Crippen LogP contribution >= 0.6 is 11.3 Å². The number of nitrogens with zero attached hydrogens (tertiary/aromatic N) is 3. The van der Waals surface area contributed by atoms with E-state index in [0.717, 1.165) is 6.42 Å². The van der Waals surface area contributed by atoms with E-state index in [1.54, 1.807) is 11.3 Å². The molecule has 0 aromatic carbocycles. The molecule has 8 heteroatoms. The van der Waals surface area contributed by atoms with Gasteiger partial charge < -0.3 is 10.1 Å². The molecular weight excluding hydrogens is 288 g/mol. The number of aryl methyl sites for hydroxylation is 2. The van der Waals surface area contributed by atoms with Gasteiger partial charge in [0.15, 0.2) is 0 Å². The fourth-order valence-electron chi connectivity index (χ4n) is 1.66. The first kappa shape index (κ1) is 15.5. The summed E-state index contributed by atoms with van der Waals surface area (Å²) in [5.41, 5.74) is 3.71. The Morgan fingerprint density at radius 1 is 1.24 bits per heavy atom. The van der Waals surface area contributed by atoms with Gasteiger partial charge in [-0.15, -0.1) is 11.3 Å². The van der Waals surface area contributed by atoms with Gasteiger partial charge in [-0.25, -0.2) is 5.84 Å². The highest BCUT2D eigenvalue weighted by Gasteiger charge is 2.08. The summed E-state index contributed by atoms with van der Waals surface area (Å²) in [4.78, 5) is 15.0. The number of aromatic nitrogens is 3. The van der Waals surface area contributed by atoms with E-state index >= 15 is 0 Å². The van der Waals surface area contributed by atoms with Crippen LogP contribution in [0.5, 0.6) is 6.01 Å². The molecule has 2 heterocycles. The average Bonchev–Trinajstić information content (AvgIpc) is 2.81. The second kappa shape index (κ2) is 7.19. The van der Waals surface area contributed by atoms with Gasteiger partial charge in [-0.2, -0.15) is 15.0 Å². The molecule has 0 bridgehead atoms. The number of nitrogens with one attached hydrogen (secondary N) is 2. The Labute approximate surface area is 128 Å². The van der Waals surface area contributed by atoms with Crippen LogP contribution < -0.4 is 21.3 Å². The first-order chi connectivity index (χ1) is 10.1. The molecule has 114 valence electrons. The van der Waals surface area contributed by atoms with Crippen LogP contribution in [-0.2, 0) is 6.54 Å². The number of hydrogen-bond donors (Lipinski definition) is 3. The molecule has 0 aliphatic carbocycles. The Bertz CT molecular complexity index is 581. The minimum absolute atomic E-state index is 0.265. The predicted molar refractivity (Wildman–Crippen MR) is 84.5 cm³/mol. The molecule has 0 radical (unpaired) electrons. The topological polar surface area (TPSA) is 98.0 Å². The lowest BCUT2D eigenvalue weighted by Crippen LogP contribution is -2.14. The summed E-state index contributed by atoms with van der Waals surface area (Å²) in [6.45, 7) is 7.44. The van der Waals surface area contributed by atoms with Crippen LogP contribution in [0.15, 0.2) is 6.07 Å². The molecule has 0 unspecified atom stereocenters. The highest BCUT2D eigenvalue weighted by atomic mass is 32.1. The van der Waals surface area contributed by atoms with Gasteiger partial charge >= 0.3 is 6.01 Å². The zero-order chi connectivity index (χ0) is 15.2. The molecule has 0 saturated heterocycles. The average molecular weight is 308 g/mol. The SMILES string of the molecule is CCCOc1nc(NN)nc(NCc2cc(C)c(C)s2)n1. The van der Waals surface area contributed by atoms with E-state index in [1.807, 2.05) is 6.92 Å². The summed E-state index contributed by atoms with van der Waals surface area (Å²) >= 11 is 1.76. The third-order valence-corrected chi connectivity index (χ3v) is 3.97. The maximum atomic E-state index is 5.42. The Morgan fingerprint density at radius 3 is 2.62 bits per heavy atom. The van der Waals surface area contributed by atoms with Crippen LogP contribution in [0.2, 0.25) is 0 Å². The van der Waals surface area contributed by atoms with Gasteiger partial charge in [0.1, 0.15) is 0 Å². The maximum Gasteiger partial charge on any atom is 0.323 e. The van der Waals surface area contributed by atoms with Crippen LogP contribution in [0.1, 0.15) is 28.7 Å². The number of rotatable bonds is 7. The minimum atomic E-state index is 0.265. The van der Waals surface area contributed by atoms with E-state index in [4.69, 9.17) is 10.6 Å². The lowest BCUT2D eigenvalue weighted by Gasteiger charge is -2.08. The molecular formula is C13H20N6OS. The molecule has 0 saturated carbocycles. The first-order valence-corrected chi connectivity index (χ1v) is 7.59. The second-order valence-electron chi connectivity index (χ2n) is 4.56. The summed E-state index contributed by atoms with van der Waals surface area (Å²) in [7, 11) is 0. The largest absolute Gasteiger partial charge is 0.463 e. The van der Waals surface area contributed by atoms with Crippen molar-refractivity contribution in [3.8, 4) is 6.01 Å². The smallest absolute Gasteiger partial charge is 0.323 e. The summed E-state index contributed by atoms with van der Waals surface area (Å²) in [6.07, 6.45) is 0.883. The van der Waals surface area contributed by atoms with Gasteiger partial charge in [0.25, 0.3) is 0 Å². The zero-order valence-electron chi connectivity index (χ0n) is 12.4. The number of hydrogen-bond acceptors (Lipinski definition) is 8. The van der Waals surface area contributed by atoms with E-state index in [2.05, 4.69) is 45.6 Å². The molecule has 2 aromatic rings. The highest BCUT2D eigenvalue weighted by Crippen LogP contribution is 2.21. The molecule has 2 aromatic heterocycles. The Hall–Kier alpha value is -1.93. The number of anilines is 2. The van der Waals surface area contributed by atoms with Gasteiger partial charge in [0.05, 0.1) is 13.2 Å². The summed E-state index contributed by atoms with van der Waals surface area (Å²) < 4.78 is 5.42. The lowest BCUT2D eigenvalue weighted by atomic mass is 10.3. The number of nitrogen functional groups attached to an aromatic ring is 1. The lowest BCUT2D eigenvalue weighted by molar-refractivity contribution is 0.292. The van der Waals surface area contributed by atoms with Crippen LogP contribution in [0.4, 0.5) is 11.9 Å². The molecule has 0 atom stereocenters. The summed E-state index contributed by atoms with van der Waals surface area (Å²) in [5.74, 6) is 6.08. The van der Waals surface area contributed by atoms with Gasteiger partial charge in [0.2, 0.25) is 11.9 Å². The van der Waals surface area contributed by atoms with Crippen molar-refractivity contribution in [2.24, 2.45) is 5.84 Å². The highest BCUT2D eigenvalue weighted by molar-refractivity contribution is 7.12. The number of hydrazine groups is 1. The quantitative estimate of drug-likeness (QED) is 0.533. The third-order valence-electron chi connectivity index (χ3n) is 2.82. The molecule has 0 aliphatic heterocycles. The Morgan fingerprint density at radius 2 is 2.00 bits per heavy atom. The van der Waals surface area contributed by atoms with Crippen molar-refractivity contribution in [2.75, 3.05) is 17.3 Å². The van der Waals surface area contributed by atoms with Crippen molar-refractivity contribution >= 4 is 23.2 Å². The monoisotopic (exact) mass is 308 g/mol. The van der Waals surface area contributed by atoms with Crippen molar-refractivity contribution in [1.82, 2.24) is 15.0 Å². The van der Waals surface area contributed by atoms with Crippen molar-refractivity contribution in [3.05, 3.63) is 21.4 Å². The van der Waals surface area contributed by atoms with Crippen molar-refractivity contribution < 1.29 is 4.74 Å². The Balaban J connectivity index is 2.07. The second-order valence-corrected chi connectivity index (χ2v) is 5.90. The van der Waals surface area contributed by atoms with Crippen molar-refractivity contribution in [2.45, 2.75) is 33.7 Å². The van der Waals surface area contributed by atoms with Crippen molar-refractivity contribution in [3.63, 3.8) is 0 Å². The van der Waals surface area contributed by atoms with Crippen LogP contribution in [0.3, 0.4) is 0 Å².